The summed E-state index contributed by atoms with van der Waals surface area (Å²) in [6.07, 6.45) is 51.8. The minimum Gasteiger partial charge on any atom is -0.462 e. The van der Waals surface area contributed by atoms with E-state index in [0.717, 1.165) is 70.6 Å². The van der Waals surface area contributed by atoms with Crippen molar-refractivity contribution in [1.82, 2.24) is 0 Å². The normalized spacial score (nSPS) is 12.6. The highest BCUT2D eigenvalue weighted by molar-refractivity contribution is 5.70. The van der Waals surface area contributed by atoms with Crippen molar-refractivity contribution in [2.24, 2.45) is 0 Å². The maximum atomic E-state index is 12.2. The SMILES string of the molecule is CC/C=C\C/C=C\C/C=C\CCCCCCCC(=O)OC[C@H](CO)OC(=O)CCCCCCCCCCCCC/C=C\CCCCCCCC. The van der Waals surface area contributed by atoms with E-state index >= 15 is 0 Å². The molecule has 0 fully saturated rings. The Morgan fingerprint density at radius 1 is 0.480 bits per heavy atom. The quantitative estimate of drug-likeness (QED) is 0.0394. The lowest BCUT2D eigenvalue weighted by molar-refractivity contribution is -0.161. The Bertz CT molecular complexity index is 842. The van der Waals surface area contributed by atoms with Crippen molar-refractivity contribution < 1.29 is 24.2 Å². The Morgan fingerprint density at radius 3 is 1.32 bits per heavy atom. The van der Waals surface area contributed by atoms with Crippen molar-refractivity contribution in [3.05, 3.63) is 48.6 Å². The van der Waals surface area contributed by atoms with E-state index in [1.54, 1.807) is 0 Å². The molecule has 0 radical (unpaired) electrons. The van der Waals surface area contributed by atoms with Gasteiger partial charge in [0.15, 0.2) is 6.10 Å². The zero-order chi connectivity index (χ0) is 36.4. The fourth-order valence-electron chi connectivity index (χ4n) is 5.92. The summed E-state index contributed by atoms with van der Waals surface area (Å²) in [5, 5.41) is 9.57. The Labute approximate surface area is 309 Å². The highest BCUT2D eigenvalue weighted by Crippen LogP contribution is 2.14. The van der Waals surface area contributed by atoms with E-state index in [-0.39, 0.29) is 25.2 Å². The van der Waals surface area contributed by atoms with E-state index in [1.165, 1.54) is 109 Å². The third-order valence-electron chi connectivity index (χ3n) is 9.11. The lowest BCUT2D eigenvalue weighted by Crippen LogP contribution is -2.28. The number of unbranched alkanes of at least 4 members (excludes halogenated alkanes) is 22. The second kappa shape index (κ2) is 41.3. The summed E-state index contributed by atoms with van der Waals surface area (Å²) >= 11 is 0. The smallest absolute Gasteiger partial charge is 0.306 e. The van der Waals surface area contributed by atoms with Crippen LogP contribution in [0.15, 0.2) is 48.6 Å². The van der Waals surface area contributed by atoms with Crippen LogP contribution in [0.3, 0.4) is 0 Å². The van der Waals surface area contributed by atoms with E-state index in [2.05, 4.69) is 62.5 Å². The molecule has 5 heteroatoms. The summed E-state index contributed by atoms with van der Waals surface area (Å²) in [5.41, 5.74) is 0. The van der Waals surface area contributed by atoms with Gasteiger partial charge in [-0.25, -0.2) is 0 Å². The van der Waals surface area contributed by atoms with Crippen LogP contribution in [-0.4, -0.2) is 36.4 Å². The molecule has 0 saturated carbocycles. The van der Waals surface area contributed by atoms with E-state index in [1.807, 2.05) is 0 Å². The van der Waals surface area contributed by atoms with Crippen LogP contribution in [0.1, 0.15) is 206 Å². The average Bonchev–Trinajstić information content (AvgIpc) is 3.12. The predicted octanol–water partition coefficient (Wildman–Crippen LogP) is 13.4. The molecule has 0 aliphatic rings. The summed E-state index contributed by atoms with van der Waals surface area (Å²) < 4.78 is 10.6. The molecule has 0 aromatic rings. The van der Waals surface area contributed by atoms with Crippen LogP contribution >= 0.6 is 0 Å². The van der Waals surface area contributed by atoms with Gasteiger partial charge in [-0.2, -0.15) is 0 Å². The van der Waals surface area contributed by atoms with Crippen molar-refractivity contribution in [2.75, 3.05) is 13.2 Å². The first-order valence-electron chi connectivity index (χ1n) is 21.2. The first kappa shape index (κ1) is 47.9. The lowest BCUT2D eigenvalue weighted by Gasteiger charge is -2.15. The lowest BCUT2D eigenvalue weighted by atomic mass is 10.0. The average molecular weight is 701 g/mol. The molecule has 0 heterocycles. The number of aliphatic hydroxyl groups is 1. The Balaban J connectivity index is 3.54. The number of aliphatic hydroxyl groups excluding tert-OH is 1. The molecular formula is C45H80O5. The predicted molar refractivity (Wildman–Crippen MR) is 214 cm³/mol. The molecule has 0 aromatic heterocycles. The van der Waals surface area contributed by atoms with Crippen LogP contribution in [0.25, 0.3) is 0 Å². The number of ether oxygens (including phenoxy) is 2. The molecular weight excluding hydrogens is 620 g/mol. The Kier molecular flexibility index (Phi) is 39.5. The van der Waals surface area contributed by atoms with E-state index in [4.69, 9.17) is 9.47 Å². The number of hydrogen-bond acceptors (Lipinski definition) is 5. The number of carbonyl (C=O) groups is 2. The fraction of sp³-hybridized carbons (Fsp3) is 0.778. The maximum absolute atomic E-state index is 12.2. The fourth-order valence-corrected chi connectivity index (χ4v) is 5.92. The van der Waals surface area contributed by atoms with Crippen LogP contribution in [0.5, 0.6) is 0 Å². The molecule has 1 atom stereocenters. The zero-order valence-electron chi connectivity index (χ0n) is 32.9. The summed E-state index contributed by atoms with van der Waals surface area (Å²) in [4.78, 5) is 24.3. The molecule has 0 aliphatic heterocycles. The maximum Gasteiger partial charge on any atom is 0.306 e. The zero-order valence-corrected chi connectivity index (χ0v) is 32.9. The number of carbonyl (C=O) groups excluding carboxylic acids is 2. The molecule has 1 N–H and O–H groups in total. The number of esters is 2. The summed E-state index contributed by atoms with van der Waals surface area (Å²) in [7, 11) is 0. The molecule has 0 rings (SSSR count). The molecule has 0 aromatic carbocycles. The molecule has 0 bridgehead atoms. The molecule has 5 nitrogen and oxygen atoms in total. The van der Waals surface area contributed by atoms with Crippen LogP contribution in [0.2, 0.25) is 0 Å². The molecule has 0 aliphatic carbocycles. The van der Waals surface area contributed by atoms with Crippen molar-refractivity contribution in [3.8, 4) is 0 Å². The molecule has 0 spiro atoms. The van der Waals surface area contributed by atoms with Gasteiger partial charge in [-0.15, -0.1) is 0 Å². The standard InChI is InChI=1S/C45H80O5/c1-3-5-7-9-11-13-15-17-19-20-21-22-23-24-26-28-30-32-34-36-38-40-45(48)50-43(41-46)42-49-44(47)39-37-35-33-31-29-27-25-18-16-14-12-10-8-6-4-2/h6,8,12,14,17-19,25,43,46H,3-5,7,9-11,13,15-16,20-24,26-42H2,1-2H3/b8-6-,14-12-,19-17-,25-18-/t43-/m0/s1. The van der Waals surface area contributed by atoms with Gasteiger partial charge in [0.1, 0.15) is 6.61 Å². The van der Waals surface area contributed by atoms with Crippen LogP contribution < -0.4 is 0 Å². The molecule has 0 unspecified atom stereocenters. The largest absolute Gasteiger partial charge is 0.462 e. The highest BCUT2D eigenvalue weighted by Gasteiger charge is 2.16. The third kappa shape index (κ3) is 38.7. The number of rotatable bonds is 38. The van der Waals surface area contributed by atoms with Crippen LogP contribution in [0.4, 0.5) is 0 Å². The van der Waals surface area contributed by atoms with Crippen molar-refractivity contribution in [3.63, 3.8) is 0 Å². The van der Waals surface area contributed by atoms with Crippen molar-refractivity contribution >= 4 is 11.9 Å². The molecule has 290 valence electrons. The van der Waals surface area contributed by atoms with Gasteiger partial charge < -0.3 is 14.6 Å². The Hall–Kier alpha value is -2.14. The second-order valence-corrected chi connectivity index (χ2v) is 14.0. The summed E-state index contributed by atoms with van der Waals surface area (Å²) in [6, 6.07) is 0. The van der Waals surface area contributed by atoms with Gasteiger partial charge in [-0.3, -0.25) is 9.59 Å². The minimum atomic E-state index is -0.778. The van der Waals surface area contributed by atoms with Gasteiger partial charge >= 0.3 is 11.9 Å². The van der Waals surface area contributed by atoms with Gasteiger partial charge in [0.2, 0.25) is 0 Å². The second-order valence-electron chi connectivity index (χ2n) is 14.0. The van der Waals surface area contributed by atoms with Gasteiger partial charge in [0.05, 0.1) is 6.61 Å². The Morgan fingerprint density at radius 2 is 0.860 bits per heavy atom. The molecule has 50 heavy (non-hydrogen) atoms. The summed E-state index contributed by atoms with van der Waals surface area (Å²) in [6.45, 7) is 4.01. The number of hydrogen-bond donors (Lipinski definition) is 1. The summed E-state index contributed by atoms with van der Waals surface area (Å²) in [5.74, 6) is -0.609. The first-order valence-corrected chi connectivity index (χ1v) is 21.2. The molecule has 0 saturated heterocycles. The van der Waals surface area contributed by atoms with E-state index in [0.29, 0.717) is 12.8 Å². The highest BCUT2D eigenvalue weighted by atomic mass is 16.6. The van der Waals surface area contributed by atoms with Crippen molar-refractivity contribution in [1.29, 1.82) is 0 Å². The van der Waals surface area contributed by atoms with Crippen molar-refractivity contribution in [2.45, 2.75) is 213 Å². The number of allylic oxidation sites excluding steroid dienone is 8. The first-order chi connectivity index (χ1) is 24.6. The van der Waals surface area contributed by atoms with Crippen LogP contribution in [0, 0.1) is 0 Å². The third-order valence-corrected chi connectivity index (χ3v) is 9.11. The van der Waals surface area contributed by atoms with Crippen LogP contribution in [-0.2, 0) is 19.1 Å². The topological polar surface area (TPSA) is 72.8 Å². The van der Waals surface area contributed by atoms with Gasteiger partial charge in [0.25, 0.3) is 0 Å². The van der Waals surface area contributed by atoms with E-state index < -0.39 is 6.10 Å². The van der Waals surface area contributed by atoms with E-state index in [9.17, 15) is 14.7 Å². The van der Waals surface area contributed by atoms with Gasteiger partial charge in [-0.05, 0) is 70.6 Å². The van der Waals surface area contributed by atoms with Gasteiger partial charge in [-0.1, -0.05) is 172 Å². The minimum absolute atomic E-state index is 0.0750. The molecule has 0 amide bonds. The van der Waals surface area contributed by atoms with Gasteiger partial charge in [0, 0.05) is 12.8 Å². The monoisotopic (exact) mass is 701 g/mol.